The van der Waals surface area contributed by atoms with E-state index < -0.39 is 21.4 Å². The first-order chi connectivity index (χ1) is 11.8. The van der Waals surface area contributed by atoms with Crippen LogP contribution in [0.4, 0.5) is 0 Å². The molecule has 0 saturated carbocycles. The van der Waals surface area contributed by atoms with E-state index >= 15 is 0 Å². The number of carbonyl (C=O) groups is 2. The van der Waals surface area contributed by atoms with Crippen LogP contribution >= 0.6 is 11.8 Å². The fourth-order valence-electron chi connectivity index (χ4n) is 2.78. The third kappa shape index (κ3) is 4.86. The Morgan fingerprint density at radius 1 is 0.760 bits per heavy atom. The zero-order chi connectivity index (χ0) is 18.5. The van der Waals surface area contributed by atoms with E-state index in [0.717, 1.165) is 22.9 Å². The van der Waals surface area contributed by atoms with Crippen molar-refractivity contribution in [3.05, 3.63) is 71.8 Å². The monoisotopic (exact) mass is 358 g/mol. The van der Waals surface area contributed by atoms with E-state index in [0.29, 0.717) is 0 Å². The summed E-state index contributed by atoms with van der Waals surface area (Å²) in [5, 5.41) is 19.6. The van der Waals surface area contributed by atoms with Crippen molar-refractivity contribution in [3.63, 3.8) is 0 Å². The van der Waals surface area contributed by atoms with E-state index in [2.05, 4.69) is 0 Å². The van der Waals surface area contributed by atoms with Crippen molar-refractivity contribution in [2.45, 2.75) is 36.2 Å². The normalized spacial score (nSPS) is 15.8. The van der Waals surface area contributed by atoms with Crippen LogP contribution in [0.25, 0.3) is 0 Å². The van der Waals surface area contributed by atoms with Crippen LogP contribution in [0.2, 0.25) is 0 Å². The van der Waals surface area contributed by atoms with Gasteiger partial charge in [-0.2, -0.15) is 0 Å². The fraction of sp³-hybridized carbons (Fsp3) is 0.300. The number of rotatable bonds is 8. The fourth-order valence-corrected chi connectivity index (χ4v) is 4.43. The summed E-state index contributed by atoms with van der Waals surface area (Å²) in [6.07, 6.45) is 0.511. The zero-order valence-corrected chi connectivity index (χ0v) is 15.1. The number of carboxylic acid groups (broad SMARTS) is 2. The van der Waals surface area contributed by atoms with Crippen molar-refractivity contribution >= 4 is 23.7 Å². The lowest BCUT2D eigenvalue weighted by molar-refractivity contribution is -0.139. The molecule has 2 N–H and O–H groups in total. The van der Waals surface area contributed by atoms with Gasteiger partial charge in [-0.3, -0.25) is 9.59 Å². The second-order valence-electron chi connectivity index (χ2n) is 6.50. The third-order valence-electron chi connectivity index (χ3n) is 4.12. The molecule has 2 rings (SSSR count). The maximum absolute atomic E-state index is 12.0. The minimum absolute atomic E-state index is 0.255. The molecule has 0 aromatic heterocycles. The quantitative estimate of drug-likeness (QED) is 0.749. The summed E-state index contributed by atoms with van der Waals surface area (Å²) >= 11 is 1.00. The molecule has 0 amide bonds. The first-order valence-electron chi connectivity index (χ1n) is 8.00. The molecule has 132 valence electrons. The minimum Gasteiger partial charge on any atom is -0.480 e. The van der Waals surface area contributed by atoms with Crippen LogP contribution in [-0.2, 0) is 22.4 Å². The van der Waals surface area contributed by atoms with E-state index in [1.54, 1.807) is 13.8 Å². The van der Waals surface area contributed by atoms with Crippen LogP contribution in [0.15, 0.2) is 60.7 Å². The standard InChI is InChI=1S/C20H22O4S/c1-19(17(21)22,13-15-9-5-3-6-10-15)25-20(2,18(23)24)14-16-11-7-4-8-12-16/h3-12H,13-14H2,1-2H3,(H,21,22)(H,23,24). The van der Waals surface area contributed by atoms with E-state index in [1.807, 2.05) is 60.7 Å². The van der Waals surface area contributed by atoms with Gasteiger partial charge in [0.15, 0.2) is 0 Å². The second-order valence-corrected chi connectivity index (χ2v) is 8.51. The predicted octanol–water partition coefficient (Wildman–Crippen LogP) is 3.89. The maximum atomic E-state index is 12.0. The Bertz CT molecular complexity index is 668. The third-order valence-corrected chi connectivity index (χ3v) is 5.66. The molecule has 2 aromatic carbocycles. The number of hydrogen-bond acceptors (Lipinski definition) is 3. The summed E-state index contributed by atoms with van der Waals surface area (Å²) < 4.78 is -2.49. The second kappa shape index (κ2) is 7.74. The molecule has 2 aromatic rings. The molecule has 0 aliphatic rings. The van der Waals surface area contributed by atoms with Gasteiger partial charge in [-0.15, -0.1) is 11.8 Å². The molecule has 2 unspecified atom stereocenters. The molecule has 0 heterocycles. The highest BCUT2D eigenvalue weighted by Crippen LogP contribution is 2.41. The summed E-state index contributed by atoms with van der Waals surface area (Å²) in [7, 11) is 0. The maximum Gasteiger partial charge on any atom is 0.319 e. The van der Waals surface area contributed by atoms with Gasteiger partial charge < -0.3 is 10.2 Å². The van der Waals surface area contributed by atoms with Gasteiger partial charge in [-0.05, 0) is 37.8 Å². The molecule has 25 heavy (non-hydrogen) atoms. The zero-order valence-electron chi connectivity index (χ0n) is 14.3. The van der Waals surface area contributed by atoms with Crippen LogP contribution in [-0.4, -0.2) is 31.6 Å². The molecular formula is C20H22O4S. The van der Waals surface area contributed by atoms with Crippen molar-refractivity contribution < 1.29 is 19.8 Å². The Labute approximate surface area is 151 Å². The summed E-state index contributed by atoms with van der Waals surface area (Å²) in [4.78, 5) is 23.9. The average Bonchev–Trinajstić information content (AvgIpc) is 2.56. The Hall–Kier alpha value is -2.27. The van der Waals surface area contributed by atoms with Crippen LogP contribution < -0.4 is 0 Å². The van der Waals surface area contributed by atoms with Crippen LogP contribution in [0.1, 0.15) is 25.0 Å². The molecule has 4 nitrogen and oxygen atoms in total. The van der Waals surface area contributed by atoms with Gasteiger partial charge in [-0.1, -0.05) is 60.7 Å². The van der Waals surface area contributed by atoms with E-state index in [4.69, 9.17) is 0 Å². The summed E-state index contributed by atoms with van der Waals surface area (Å²) in [5.41, 5.74) is 1.74. The molecular weight excluding hydrogens is 336 g/mol. The van der Waals surface area contributed by atoms with Crippen molar-refractivity contribution in [2.24, 2.45) is 0 Å². The van der Waals surface area contributed by atoms with Crippen molar-refractivity contribution in [1.29, 1.82) is 0 Å². The number of benzene rings is 2. The van der Waals surface area contributed by atoms with Crippen molar-refractivity contribution in [3.8, 4) is 0 Å². The lowest BCUT2D eigenvalue weighted by Gasteiger charge is -2.34. The van der Waals surface area contributed by atoms with E-state index in [1.165, 1.54) is 0 Å². The molecule has 0 bridgehead atoms. The van der Waals surface area contributed by atoms with E-state index in [-0.39, 0.29) is 12.8 Å². The smallest absolute Gasteiger partial charge is 0.319 e. The molecule has 0 aliphatic heterocycles. The van der Waals surface area contributed by atoms with Gasteiger partial charge in [0, 0.05) is 0 Å². The SMILES string of the molecule is CC(Cc1ccccc1)(SC(C)(Cc1ccccc1)C(=O)O)C(=O)O. The average molecular weight is 358 g/mol. The van der Waals surface area contributed by atoms with Crippen LogP contribution in [0.3, 0.4) is 0 Å². The molecule has 2 atom stereocenters. The molecule has 0 radical (unpaired) electrons. The number of carboxylic acids is 2. The van der Waals surface area contributed by atoms with E-state index in [9.17, 15) is 19.8 Å². The van der Waals surface area contributed by atoms with Gasteiger partial charge in [0.25, 0.3) is 0 Å². The first kappa shape index (κ1) is 19.1. The molecule has 0 spiro atoms. The lowest BCUT2D eigenvalue weighted by Crippen LogP contribution is -2.44. The topological polar surface area (TPSA) is 74.6 Å². The summed E-state index contributed by atoms with van der Waals surface area (Å²) in [6.45, 7) is 3.19. The summed E-state index contributed by atoms with van der Waals surface area (Å²) in [5.74, 6) is -2.02. The largest absolute Gasteiger partial charge is 0.480 e. The van der Waals surface area contributed by atoms with Gasteiger partial charge >= 0.3 is 11.9 Å². The molecule has 5 heteroatoms. The highest BCUT2D eigenvalue weighted by Gasteiger charge is 2.45. The number of thioether (sulfide) groups is 1. The van der Waals surface area contributed by atoms with Gasteiger partial charge in [0.05, 0.1) is 0 Å². The van der Waals surface area contributed by atoms with Crippen molar-refractivity contribution in [1.82, 2.24) is 0 Å². The Balaban J connectivity index is 2.30. The van der Waals surface area contributed by atoms with Crippen LogP contribution in [0, 0.1) is 0 Å². The number of aliphatic carboxylic acids is 2. The summed E-state index contributed by atoms with van der Waals surface area (Å²) in [6, 6.07) is 18.6. The van der Waals surface area contributed by atoms with Crippen LogP contribution in [0.5, 0.6) is 0 Å². The van der Waals surface area contributed by atoms with Gasteiger partial charge in [0.2, 0.25) is 0 Å². The minimum atomic E-state index is -1.25. The first-order valence-corrected chi connectivity index (χ1v) is 8.82. The Morgan fingerprint density at radius 3 is 1.36 bits per heavy atom. The predicted molar refractivity (Wildman–Crippen MR) is 100.0 cm³/mol. The molecule has 0 aliphatic carbocycles. The molecule has 0 saturated heterocycles. The van der Waals surface area contributed by atoms with Gasteiger partial charge in [-0.25, -0.2) is 0 Å². The number of hydrogen-bond donors (Lipinski definition) is 2. The van der Waals surface area contributed by atoms with Gasteiger partial charge in [0.1, 0.15) is 9.49 Å². The molecule has 0 fully saturated rings. The highest BCUT2D eigenvalue weighted by molar-refractivity contribution is 8.03. The Morgan fingerprint density at radius 2 is 1.08 bits per heavy atom. The van der Waals surface area contributed by atoms with Crippen molar-refractivity contribution in [2.75, 3.05) is 0 Å². The highest BCUT2D eigenvalue weighted by atomic mass is 32.2. The lowest BCUT2D eigenvalue weighted by atomic mass is 9.99. The Kier molecular flexibility index (Phi) is 5.90.